The maximum Gasteiger partial charge on any atom is 0.318 e. The number of benzene rings is 3. The molecule has 0 aliphatic heterocycles. The molecule has 0 saturated heterocycles. The summed E-state index contributed by atoms with van der Waals surface area (Å²) in [7, 11) is 6.04. The van der Waals surface area contributed by atoms with Gasteiger partial charge in [-0.3, -0.25) is 0 Å². The summed E-state index contributed by atoms with van der Waals surface area (Å²) in [6, 6.07) is 15.2. The minimum atomic E-state index is -1.79. The number of carbonyl (C=O) groups excluding carboxylic acids is 2. The number of amides is 2. The summed E-state index contributed by atoms with van der Waals surface area (Å²) in [4.78, 5) is 27.1. The summed E-state index contributed by atoms with van der Waals surface area (Å²) in [5.74, 6) is 1.35. The van der Waals surface area contributed by atoms with Gasteiger partial charge in [0.25, 0.3) is 0 Å². The summed E-state index contributed by atoms with van der Waals surface area (Å²) in [6.45, 7) is 0.0595. The van der Waals surface area contributed by atoms with Gasteiger partial charge < -0.3 is 34.0 Å². The molecule has 1 unspecified atom stereocenters. The molecule has 0 saturated carbocycles. The molecule has 2 amide bonds. The van der Waals surface area contributed by atoms with E-state index in [1.165, 1.54) is 51.5 Å². The number of halogens is 2. The summed E-state index contributed by atoms with van der Waals surface area (Å²) in [6.07, 6.45) is 1.22. The number of methoxy groups -OCH3 is 4. The van der Waals surface area contributed by atoms with Gasteiger partial charge in [-0.05, 0) is 36.4 Å². The van der Waals surface area contributed by atoms with Gasteiger partial charge in [-0.25, -0.2) is 13.6 Å². The van der Waals surface area contributed by atoms with E-state index < -0.39 is 23.8 Å². The first-order chi connectivity index (χ1) is 19.3. The smallest absolute Gasteiger partial charge is 0.318 e. The topological polar surface area (TPSA) is 86.3 Å². The Morgan fingerprint density at radius 1 is 0.875 bits per heavy atom. The monoisotopic (exact) mass is 554 g/mol. The minimum absolute atomic E-state index is 0.0297. The first-order valence-electron chi connectivity index (χ1n) is 12.3. The lowest BCUT2D eigenvalue weighted by Gasteiger charge is -2.34. The van der Waals surface area contributed by atoms with Gasteiger partial charge in [0.05, 0.1) is 53.4 Å². The molecule has 0 heterocycles. The standard InChI is InChI=1S/C30H32F2N2O6/c1-37-23-11-9-21(27(17-23)39-3)19-34(20-22-10-12-24(38-2)18-28(22)40-4)29(36)33-30(13-15-31,14-16-35)25-7-5-6-8-26(25)32/h5-13,15-18H,14,19-20H2,1-4H3,(H,33,36). The second-order valence-corrected chi connectivity index (χ2v) is 8.76. The molecule has 3 rings (SSSR count). The van der Waals surface area contributed by atoms with E-state index in [0.29, 0.717) is 40.4 Å². The van der Waals surface area contributed by atoms with Gasteiger partial charge in [-0.15, -0.1) is 0 Å². The van der Waals surface area contributed by atoms with Crippen LogP contribution in [0.25, 0.3) is 0 Å². The molecule has 212 valence electrons. The van der Waals surface area contributed by atoms with Crippen molar-refractivity contribution in [1.82, 2.24) is 10.2 Å². The zero-order valence-corrected chi connectivity index (χ0v) is 22.8. The van der Waals surface area contributed by atoms with Gasteiger partial charge in [0.1, 0.15) is 35.1 Å². The molecule has 0 aliphatic carbocycles. The van der Waals surface area contributed by atoms with E-state index in [2.05, 4.69) is 5.32 Å². The van der Waals surface area contributed by atoms with Crippen LogP contribution in [0.4, 0.5) is 13.6 Å². The van der Waals surface area contributed by atoms with Crippen LogP contribution in [0, 0.1) is 5.82 Å². The van der Waals surface area contributed by atoms with Crippen LogP contribution in [-0.2, 0) is 23.4 Å². The largest absolute Gasteiger partial charge is 0.497 e. The predicted octanol–water partition coefficient (Wildman–Crippen LogP) is 5.54. The molecule has 0 bridgehead atoms. The molecular weight excluding hydrogens is 522 g/mol. The van der Waals surface area contributed by atoms with Gasteiger partial charge in [-0.2, -0.15) is 0 Å². The van der Waals surface area contributed by atoms with Crippen LogP contribution < -0.4 is 24.3 Å². The van der Waals surface area contributed by atoms with Crippen LogP contribution in [0.2, 0.25) is 0 Å². The van der Waals surface area contributed by atoms with Crippen molar-refractivity contribution < 1.29 is 37.3 Å². The first-order valence-corrected chi connectivity index (χ1v) is 12.3. The molecule has 1 atom stereocenters. The Bertz CT molecular complexity index is 1290. The van der Waals surface area contributed by atoms with Crippen LogP contribution in [0.15, 0.2) is 73.1 Å². The molecule has 0 fully saturated rings. The van der Waals surface area contributed by atoms with E-state index in [4.69, 9.17) is 18.9 Å². The lowest BCUT2D eigenvalue weighted by molar-refractivity contribution is -0.108. The van der Waals surface area contributed by atoms with Crippen LogP contribution >= 0.6 is 0 Å². The van der Waals surface area contributed by atoms with E-state index in [1.54, 1.807) is 42.5 Å². The molecule has 10 heteroatoms. The van der Waals surface area contributed by atoms with E-state index in [1.807, 2.05) is 0 Å². The second-order valence-electron chi connectivity index (χ2n) is 8.76. The van der Waals surface area contributed by atoms with Crippen molar-refractivity contribution in [1.29, 1.82) is 0 Å². The molecule has 8 nitrogen and oxygen atoms in total. The second kappa shape index (κ2) is 14.0. The molecule has 0 radical (unpaired) electrons. The van der Waals surface area contributed by atoms with E-state index in [-0.39, 0.29) is 25.0 Å². The molecular formula is C30H32F2N2O6. The minimum Gasteiger partial charge on any atom is -0.497 e. The number of hydrogen-bond acceptors (Lipinski definition) is 6. The van der Waals surface area contributed by atoms with Gasteiger partial charge in [-0.1, -0.05) is 18.2 Å². The lowest BCUT2D eigenvalue weighted by atomic mass is 9.86. The number of aldehydes is 1. The number of nitrogens with zero attached hydrogens (tertiary/aromatic N) is 1. The Morgan fingerprint density at radius 2 is 1.43 bits per heavy atom. The van der Waals surface area contributed by atoms with Crippen molar-refractivity contribution in [3.8, 4) is 23.0 Å². The van der Waals surface area contributed by atoms with Crippen molar-refractivity contribution in [3.05, 3.63) is 95.6 Å². The quantitative estimate of drug-likeness (QED) is 0.279. The Morgan fingerprint density at radius 3 is 1.88 bits per heavy atom. The Kier molecular flexibility index (Phi) is 10.5. The fourth-order valence-electron chi connectivity index (χ4n) is 4.34. The van der Waals surface area contributed by atoms with Crippen molar-refractivity contribution in [2.24, 2.45) is 0 Å². The summed E-state index contributed by atoms with van der Waals surface area (Å²) < 4.78 is 50.2. The molecule has 1 N–H and O–H groups in total. The van der Waals surface area contributed by atoms with Crippen LogP contribution in [0.1, 0.15) is 23.1 Å². The highest BCUT2D eigenvalue weighted by molar-refractivity contribution is 5.77. The Hall–Kier alpha value is -4.60. The highest BCUT2D eigenvalue weighted by atomic mass is 19.1. The van der Waals surface area contributed by atoms with Crippen molar-refractivity contribution >= 4 is 12.3 Å². The molecule has 40 heavy (non-hydrogen) atoms. The van der Waals surface area contributed by atoms with E-state index in [0.717, 1.165) is 6.08 Å². The Balaban J connectivity index is 2.09. The molecule has 3 aromatic rings. The van der Waals surface area contributed by atoms with Crippen molar-refractivity contribution in [3.63, 3.8) is 0 Å². The normalized spacial score (nSPS) is 12.3. The summed E-state index contributed by atoms with van der Waals surface area (Å²) >= 11 is 0. The summed E-state index contributed by atoms with van der Waals surface area (Å²) in [5.41, 5.74) is -0.573. The van der Waals surface area contributed by atoms with Crippen LogP contribution in [0.3, 0.4) is 0 Å². The number of hydrogen-bond donors (Lipinski definition) is 1. The van der Waals surface area contributed by atoms with Gasteiger partial charge in [0, 0.05) is 35.2 Å². The number of nitrogens with one attached hydrogen (secondary N) is 1. The van der Waals surface area contributed by atoms with E-state index >= 15 is 0 Å². The first kappa shape index (κ1) is 29.9. The van der Waals surface area contributed by atoms with Crippen molar-refractivity contribution in [2.45, 2.75) is 25.0 Å². The molecule has 0 aliphatic rings. The summed E-state index contributed by atoms with van der Waals surface area (Å²) in [5, 5.41) is 2.71. The molecule has 0 spiro atoms. The molecule has 0 aromatic heterocycles. The van der Waals surface area contributed by atoms with Gasteiger partial charge in [0.2, 0.25) is 0 Å². The van der Waals surface area contributed by atoms with Crippen LogP contribution in [0.5, 0.6) is 23.0 Å². The fourth-order valence-corrected chi connectivity index (χ4v) is 4.34. The number of carbonyl (C=O) groups is 2. The number of rotatable bonds is 13. The third-order valence-corrected chi connectivity index (χ3v) is 6.44. The number of ether oxygens (including phenoxy) is 4. The maximum atomic E-state index is 14.9. The SMILES string of the molecule is COc1ccc(CN(Cc2ccc(OC)cc2OC)C(=O)NC(C=CF)(CC=O)c2ccccc2F)c(OC)c1. The zero-order chi connectivity index (χ0) is 29.1. The number of urea groups is 1. The van der Waals surface area contributed by atoms with Crippen LogP contribution in [-0.4, -0.2) is 45.7 Å². The van der Waals surface area contributed by atoms with Gasteiger partial charge >= 0.3 is 6.03 Å². The third-order valence-electron chi connectivity index (χ3n) is 6.44. The highest BCUT2D eigenvalue weighted by Gasteiger charge is 2.35. The highest BCUT2D eigenvalue weighted by Crippen LogP contribution is 2.32. The lowest BCUT2D eigenvalue weighted by Crippen LogP contribution is -2.50. The maximum absolute atomic E-state index is 14.9. The fraction of sp³-hybridized carbons (Fsp3) is 0.267. The third kappa shape index (κ3) is 6.88. The predicted molar refractivity (Wildman–Crippen MR) is 146 cm³/mol. The van der Waals surface area contributed by atoms with Gasteiger partial charge in [0.15, 0.2) is 0 Å². The average molecular weight is 555 g/mol. The molecule has 3 aromatic carbocycles. The average Bonchev–Trinajstić information content (AvgIpc) is 2.97. The zero-order valence-electron chi connectivity index (χ0n) is 22.8. The Labute approximate surface area is 232 Å². The van der Waals surface area contributed by atoms with Crippen molar-refractivity contribution in [2.75, 3.05) is 28.4 Å². The van der Waals surface area contributed by atoms with E-state index in [9.17, 15) is 18.4 Å².